The van der Waals surface area contributed by atoms with Crippen molar-refractivity contribution in [3.63, 3.8) is 0 Å². The summed E-state index contributed by atoms with van der Waals surface area (Å²) in [5, 5.41) is 13.6. The topological polar surface area (TPSA) is 48.4 Å². The number of H-pyrrole nitrogens is 1. The Labute approximate surface area is 101 Å². The SMILES string of the molecule is ON=C1CCCc2[nH]c3ccc(Br)cc3c21. The Morgan fingerprint density at radius 3 is 3.00 bits per heavy atom. The first-order chi connectivity index (χ1) is 7.79. The van der Waals surface area contributed by atoms with E-state index in [1.54, 1.807) is 0 Å². The number of rotatable bonds is 0. The number of oxime groups is 1. The van der Waals surface area contributed by atoms with E-state index >= 15 is 0 Å². The standard InChI is InChI=1S/C12H11BrN2O/c13-7-4-5-9-8(6-7)12-10(14-9)2-1-3-11(12)15-16/h4-6,14,16H,1-3H2. The first-order valence-electron chi connectivity index (χ1n) is 5.31. The van der Waals surface area contributed by atoms with Gasteiger partial charge in [-0.3, -0.25) is 0 Å². The average Bonchev–Trinajstić information content (AvgIpc) is 2.66. The lowest BCUT2D eigenvalue weighted by Gasteiger charge is -2.12. The van der Waals surface area contributed by atoms with Gasteiger partial charge in [-0.25, -0.2) is 0 Å². The number of halogens is 1. The van der Waals surface area contributed by atoms with Gasteiger partial charge in [0.15, 0.2) is 0 Å². The quantitative estimate of drug-likeness (QED) is 0.563. The summed E-state index contributed by atoms with van der Waals surface area (Å²) in [6.07, 6.45) is 2.92. The van der Waals surface area contributed by atoms with Crippen molar-refractivity contribution in [2.75, 3.05) is 0 Å². The normalized spacial score (nSPS) is 17.9. The number of aromatic nitrogens is 1. The maximum Gasteiger partial charge on any atom is 0.0892 e. The molecule has 0 radical (unpaired) electrons. The summed E-state index contributed by atoms with van der Waals surface area (Å²) in [4.78, 5) is 3.39. The molecular weight excluding hydrogens is 268 g/mol. The molecular formula is C12H11BrN2O. The second-order valence-corrected chi connectivity index (χ2v) is 4.98. The second-order valence-electron chi connectivity index (χ2n) is 4.07. The molecule has 1 aliphatic carbocycles. The monoisotopic (exact) mass is 278 g/mol. The van der Waals surface area contributed by atoms with Crippen LogP contribution in [0.3, 0.4) is 0 Å². The molecule has 0 atom stereocenters. The fraction of sp³-hybridized carbons (Fsp3) is 0.250. The minimum absolute atomic E-state index is 0.797. The van der Waals surface area contributed by atoms with Gasteiger partial charge in [-0.05, 0) is 37.5 Å². The van der Waals surface area contributed by atoms with Crippen LogP contribution in [-0.2, 0) is 6.42 Å². The number of nitrogens with zero attached hydrogens (tertiary/aromatic N) is 1. The first kappa shape index (κ1) is 9.90. The van der Waals surface area contributed by atoms with E-state index < -0.39 is 0 Å². The maximum absolute atomic E-state index is 9.05. The van der Waals surface area contributed by atoms with Crippen molar-refractivity contribution in [2.45, 2.75) is 19.3 Å². The Morgan fingerprint density at radius 1 is 1.31 bits per heavy atom. The summed E-state index contributed by atoms with van der Waals surface area (Å²) >= 11 is 3.47. The van der Waals surface area contributed by atoms with E-state index in [1.807, 2.05) is 12.1 Å². The van der Waals surface area contributed by atoms with Gasteiger partial charge in [-0.2, -0.15) is 0 Å². The van der Waals surface area contributed by atoms with Crippen molar-refractivity contribution >= 4 is 32.5 Å². The molecule has 82 valence electrons. The van der Waals surface area contributed by atoms with Crippen molar-refractivity contribution in [3.05, 3.63) is 33.9 Å². The highest BCUT2D eigenvalue weighted by atomic mass is 79.9. The molecule has 0 saturated heterocycles. The summed E-state index contributed by atoms with van der Waals surface area (Å²) in [5.74, 6) is 0. The van der Waals surface area contributed by atoms with Crippen molar-refractivity contribution in [1.82, 2.24) is 4.98 Å². The number of hydrogen-bond donors (Lipinski definition) is 2. The Hall–Kier alpha value is -1.29. The Kier molecular flexibility index (Phi) is 2.24. The fourth-order valence-corrected chi connectivity index (χ4v) is 2.76. The maximum atomic E-state index is 9.05. The van der Waals surface area contributed by atoms with E-state index in [4.69, 9.17) is 5.21 Å². The number of benzene rings is 1. The minimum Gasteiger partial charge on any atom is -0.411 e. The third-order valence-electron chi connectivity index (χ3n) is 3.09. The van der Waals surface area contributed by atoms with Crippen LogP contribution < -0.4 is 0 Å². The Bertz CT molecular complexity index is 586. The van der Waals surface area contributed by atoms with Crippen molar-refractivity contribution in [3.8, 4) is 0 Å². The number of hydrogen-bond acceptors (Lipinski definition) is 2. The van der Waals surface area contributed by atoms with Crippen molar-refractivity contribution in [2.24, 2.45) is 5.16 Å². The summed E-state index contributed by atoms with van der Waals surface area (Å²) < 4.78 is 1.05. The van der Waals surface area contributed by atoms with Gasteiger partial charge >= 0.3 is 0 Å². The zero-order valence-corrected chi connectivity index (χ0v) is 10.2. The molecule has 0 bridgehead atoms. The summed E-state index contributed by atoms with van der Waals surface area (Å²) in [5.41, 5.74) is 4.18. The molecule has 1 aromatic carbocycles. The molecule has 1 aliphatic rings. The molecule has 0 aliphatic heterocycles. The number of aromatic amines is 1. The third-order valence-corrected chi connectivity index (χ3v) is 3.58. The molecule has 0 fully saturated rings. The predicted octanol–water partition coefficient (Wildman–Crippen LogP) is 3.45. The van der Waals surface area contributed by atoms with E-state index in [9.17, 15) is 0 Å². The molecule has 2 aromatic rings. The molecule has 0 saturated carbocycles. The van der Waals surface area contributed by atoms with Crippen LogP contribution in [0.25, 0.3) is 10.9 Å². The van der Waals surface area contributed by atoms with E-state index in [2.05, 4.69) is 32.1 Å². The van der Waals surface area contributed by atoms with Gasteiger partial charge in [0.05, 0.1) is 5.71 Å². The molecule has 1 aromatic heterocycles. The zero-order chi connectivity index (χ0) is 11.1. The van der Waals surface area contributed by atoms with Crippen LogP contribution >= 0.6 is 15.9 Å². The van der Waals surface area contributed by atoms with Gasteiger partial charge in [0.25, 0.3) is 0 Å². The minimum atomic E-state index is 0.797. The molecule has 3 rings (SSSR count). The van der Waals surface area contributed by atoms with Crippen LogP contribution in [0.15, 0.2) is 27.8 Å². The third kappa shape index (κ3) is 1.37. The molecule has 16 heavy (non-hydrogen) atoms. The number of aryl methyl sites for hydroxylation is 1. The number of nitrogens with one attached hydrogen (secondary N) is 1. The van der Waals surface area contributed by atoms with Gasteiger partial charge in [0, 0.05) is 26.6 Å². The van der Waals surface area contributed by atoms with Crippen LogP contribution in [0.1, 0.15) is 24.1 Å². The summed E-state index contributed by atoms with van der Waals surface area (Å²) in [6.45, 7) is 0. The molecule has 0 amide bonds. The second kappa shape index (κ2) is 3.63. The van der Waals surface area contributed by atoms with E-state index in [0.717, 1.165) is 45.9 Å². The number of fused-ring (bicyclic) bond motifs is 3. The van der Waals surface area contributed by atoms with Crippen LogP contribution in [0.4, 0.5) is 0 Å². The molecule has 0 spiro atoms. The zero-order valence-electron chi connectivity index (χ0n) is 8.63. The highest BCUT2D eigenvalue weighted by Gasteiger charge is 2.21. The van der Waals surface area contributed by atoms with Crippen LogP contribution in [0.2, 0.25) is 0 Å². The van der Waals surface area contributed by atoms with Gasteiger partial charge in [0.2, 0.25) is 0 Å². The lowest BCUT2D eigenvalue weighted by atomic mass is 9.94. The van der Waals surface area contributed by atoms with E-state index in [-0.39, 0.29) is 0 Å². The highest BCUT2D eigenvalue weighted by Crippen LogP contribution is 2.31. The molecule has 4 heteroatoms. The van der Waals surface area contributed by atoms with Crippen molar-refractivity contribution < 1.29 is 5.21 Å². The molecule has 0 unspecified atom stereocenters. The largest absolute Gasteiger partial charge is 0.411 e. The Morgan fingerprint density at radius 2 is 2.19 bits per heavy atom. The molecule has 1 heterocycles. The first-order valence-corrected chi connectivity index (χ1v) is 6.10. The lowest BCUT2D eigenvalue weighted by molar-refractivity contribution is 0.317. The van der Waals surface area contributed by atoms with Crippen LogP contribution in [-0.4, -0.2) is 15.9 Å². The van der Waals surface area contributed by atoms with Gasteiger partial charge < -0.3 is 10.2 Å². The summed E-state index contributed by atoms with van der Waals surface area (Å²) in [7, 11) is 0. The highest BCUT2D eigenvalue weighted by molar-refractivity contribution is 9.10. The van der Waals surface area contributed by atoms with Gasteiger partial charge in [-0.1, -0.05) is 21.1 Å². The van der Waals surface area contributed by atoms with Crippen LogP contribution in [0, 0.1) is 0 Å². The molecule has 3 nitrogen and oxygen atoms in total. The smallest absolute Gasteiger partial charge is 0.0892 e. The summed E-state index contributed by atoms with van der Waals surface area (Å²) in [6, 6.07) is 6.13. The Balaban J connectivity index is 2.36. The lowest BCUT2D eigenvalue weighted by Crippen LogP contribution is -2.10. The van der Waals surface area contributed by atoms with E-state index in [1.165, 1.54) is 5.69 Å². The molecule has 2 N–H and O–H groups in total. The average molecular weight is 279 g/mol. The van der Waals surface area contributed by atoms with Gasteiger partial charge in [0.1, 0.15) is 0 Å². The van der Waals surface area contributed by atoms with Crippen LogP contribution in [0.5, 0.6) is 0 Å². The fourth-order valence-electron chi connectivity index (χ4n) is 2.39. The van der Waals surface area contributed by atoms with Gasteiger partial charge in [-0.15, -0.1) is 0 Å². The predicted molar refractivity (Wildman–Crippen MR) is 67.3 cm³/mol. The van der Waals surface area contributed by atoms with Crippen molar-refractivity contribution in [1.29, 1.82) is 0 Å². The van der Waals surface area contributed by atoms with E-state index in [0.29, 0.717) is 0 Å².